The van der Waals surface area contributed by atoms with Crippen molar-refractivity contribution < 1.29 is 46.0 Å². The van der Waals surface area contributed by atoms with Crippen LogP contribution in [0.25, 0.3) is 0 Å². The first kappa shape index (κ1) is 43.1. The first-order chi connectivity index (χ1) is 4.83. The molecule has 0 heterocycles. The zero-order valence-corrected chi connectivity index (χ0v) is 21.8. The molecule has 0 aromatic heterocycles. The van der Waals surface area contributed by atoms with Gasteiger partial charge in [-0.15, -0.1) is 0 Å². The van der Waals surface area contributed by atoms with Gasteiger partial charge in [0.05, 0.1) is 0 Å². The Labute approximate surface area is 165 Å². The van der Waals surface area contributed by atoms with Crippen molar-refractivity contribution in [2.75, 3.05) is 0 Å². The van der Waals surface area contributed by atoms with Crippen molar-refractivity contribution in [3.05, 3.63) is 7.43 Å². The van der Waals surface area contributed by atoms with E-state index in [1.165, 1.54) is 6.42 Å². The second kappa shape index (κ2) is 91.2. The molecular formula is C7H21I5Y-2. The monoisotopic (exact) mass is 829 g/mol. The molecule has 0 aliphatic carbocycles. The molecule has 0 aliphatic rings. The van der Waals surface area contributed by atoms with Gasteiger partial charge in [-0.1, -0.05) is 41.5 Å². The fourth-order valence-corrected chi connectivity index (χ4v) is 0. The number of halogens is 5. The van der Waals surface area contributed by atoms with E-state index in [0.717, 1.165) is 0 Å². The van der Waals surface area contributed by atoms with Gasteiger partial charge in [0.1, 0.15) is 0 Å². The Morgan fingerprint density at radius 2 is 1.00 bits per heavy atom. The minimum absolute atomic E-state index is 0. The van der Waals surface area contributed by atoms with Crippen LogP contribution in [-0.4, -0.2) is 0 Å². The molecule has 6 heteroatoms. The molecular weight excluding hydrogens is 808 g/mol. The van der Waals surface area contributed by atoms with Gasteiger partial charge in [0.2, 0.25) is 0 Å². The van der Waals surface area contributed by atoms with Gasteiger partial charge in [-0.05, 0) is 0 Å². The predicted octanol–water partition coefficient (Wildman–Crippen LogP) is 4.07. The summed E-state index contributed by atoms with van der Waals surface area (Å²) in [4.78, 5) is 0. The van der Waals surface area contributed by atoms with Crippen LogP contribution < -0.4 is 13.3 Å². The van der Waals surface area contributed by atoms with E-state index < -0.39 is 0 Å². The Kier molecular flexibility index (Phi) is 302. The second-order valence-electron chi connectivity index (χ2n) is 0.761. The molecule has 0 fully saturated rings. The summed E-state index contributed by atoms with van der Waals surface area (Å²) in [6, 6.07) is 0. The molecule has 0 aromatic carbocycles. The summed E-state index contributed by atoms with van der Waals surface area (Å²) >= 11 is 9.54. The van der Waals surface area contributed by atoms with Gasteiger partial charge in [0, 0.05) is 69.9 Å². The maximum atomic E-state index is 2.39. The van der Waals surface area contributed by atoms with Gasteiger partial charge in [0.15, 0.2) is 0 Å². The van der Waals surface area contributed by atoms with Crippen LogP contribution in [0.4, 0.5) is 0 Å². The molecule has 0 N–H and O–H groups in total. The topological polar surface area (TPSA) is 0 Å². The molecule has 0 unspecified atom stereocenters. The Hall–Kier alpha value is 4.75. The molecule has 0 atom stereocenters. The SMILES string of the molecule is C.CC.CCC.II.I[I-]I.[CH3-].[Y]. The van der Waals surface area contributed by atoms with Crippen molar-refractivity contribution in [3.8, 4) is 0 Å². The van der Waals surface area contributed by atoms with Crippen molar-refractivity contribution in [3.63, 3.8) is 0 Å². The van der Waals surface area contributed by atoms with E-state index in [2.05, 4.69) is 88.3 Å². The fraction of sp³-hybridized carbons (Fsp3) is 0.857. The van der Waals surface area contributed by atoms with Crippen LogP contribution in [0.2, 0.25) is 0 Å². The maximum absolute atomic E-state index is 2.39. The molecule has 1 radical (unpaired) electrons. The summed E-state index contributed by atoms with van der Waals surface area (Å²) in [5.41, 5.74) is 0. The second-order valence-corrected chi connectivity index (χ2v) is 17.0. The van der Waals surface area contributed by atoms with Gasteiger partial charge in [0.25, 0.3) is 0 Å². The fourth-order valence-electron chi connectivity index (χ4n) is 0. The molecule has 0 saturated carbocycles. The Morgan fingerprint density at radius 3 is 1.00 bits per heavy atom. The van der Waals surface area contributed by atoms with Gasteiger partial charge in [-0.3, -0.25) is 0 Å². The van der Waals surface area contributed by atoms with Crippen LogP contribution in [0.1, 0.15) is 41.5 Å². The van der Waals surface area contributed by atoms with E-state index in [1.54, 1.807) is 0 Å². The van der Waals surface area contributed by atoms with Crippen LogP contribution in [0, 0.1) is 7.43 Å². The first-order valence-corrected chi connectivity index (χ1v) is 21.7. The molecule has 0 aromatic rings. The van der Waals surface area contributed by atoms with E-state index in [1.807, 2.05) is 13.8 Å². The average Bonchev–Trinajstić information content (AvgIpc) is 1.99. The predicted molar refractivity (Wildman–Crippen MR) is 96.5 cm³/mol. The van der Waals surface area contributed by atoms with Gasteiger partial charge in [-0.2, -0.15) is 0 Å². The summed E-state index contributed by atoms with van der Waals surface area (Å²) in [6.07, 6.45) is 1.25. The van der Waals surface area contributed by atoms with E-state index in [9.17, 15) is 0 Å². The standard InChI is InChI=1S/C3H8.C2H6.CH4.CH3.I3.I2.Y/c1-3-2;1-2;;;1-3-2;1-2;/h3H2,1-2H3;1-2H3;1H4;1H3;;;/q;;;2*-1;;. The minimum atomic E-state index is 0. The molecule has 0 amide bonds. The zero-order valence-electron chi connectivity index (χ0n) is 8.17. The van der Waals surface area contributed by atoms with Crippen molar-refractivity contribution in [1.29, 1.82) is 0 Å². The third-order valence-corrected chi connectivity index (χ3v) is 0. The minimum Gasteiger partial charge on any atom is -0.358 e. The molecule has 0 rings (SSSR count). The Bertz CT molecular complexity index is 18.8. The maximum Gasteiger partial charge on any atom is 0 e. The Morgan fingerprint density at radius 1 is 1.00 bits per heavy atom. The summed E-state index contributed by atoms with van der Waals surface area (Å²) in [6.45, 7) is 8.25. The van der Waals surface area contributed by atoms with E-state index >= 15 is 0 Å². The summed E-state index contributed by atoms with van der Waals surface area (Å²) in [5.74, 6) is 0. The van der Waals surface area contributed by atoms with Crippen LogP contribution in [0.15, 0.2) is 0 Å². The third-order valence-electron chi connectivity index (χ3n) is 0. The van der Waals surface area contributed by atoms with E-state index in [0.29, 0.717) is 13.3 Å². The summed E-state index contributed by atoms with van der Waals surface area (Å²) in [5, 5.41) is 0. The van der Waals surface area contributed by atoms with Crippen LogP contribution >= 0.6 is 74.5 Å². The van der Waals surface area contributed by atoms with Crippen molar-refractivity contribution in [2.24, 2.45) is 0 Å². The van der Waals surface area contributed by atoms with Gasteiger partial charge < -0.3 is 7.43 Å². The van der Waals surface area contributed by atoms with Gasteiger partial charge in [-0.25, -0.2) is 0 Å². The number of hydrogen-bond acceptors (Lipinski definition) is 0. The number of hydrogen-bond donors (Lipinski definition) is 0. The van der Waals surface area contributed by atoms with Crippen molar-refractivity contribution >= 4 is 74.5 Å². The van der Waals surface area contributed by atoms with Crippen LogP contribution in [0.3, 0.4) is 0 Å². The number of rotatable bonds is 0. The molecule has 13 heavy (non-hydrogen) atoms. The smallest absolute Gasteiger partial charge is 0 e. The average molecular weight is 829 g/mol. The van der Waals surface area contributed by atoms with Gasteiger partial charge >= 0.3 is 50.5 Å². The molecule has 0 nitrogen and oxygen atoms in total. The Balaban J connectivity index is -0.00000000698. The van der Waals surface area contributed by atoms with Crippen LogP contribution in [-0.2, 0) is 32.7 Å². The van der Waals surface area contributed by atoms with Crippen LogP contribution in [0.5, 0.6) is 0 Å². The molecule has 0 saturated heterocycles. The van der Waals surface area contributed by atoms with E-state index in [4.69, 9.17) is 0 Å². The zero-order chi connectivity index (χ0) is 9.41. The van der Waals surface area contributed by atoms with Crippen molar-refractivity contribution in [2.45, 2.75) is 41.5 Å². The molecule has 0 bridgehead atoms. The summed E-state index contributed by atoms with van der Waals surface area (Å²) < 4.78 is 0. The molecule has 89 valence electrons. The first-order valence-electron chi connectivity index (χ1n) is 2.84. The largest absolute Gasteiger partial charge is 0.358 e. The molecule has 0 aliphatic heterocycles. The third kappa shape index (κ3) is 161. The summed E-state index contributed by atoms with van der Waals surface area (Å²) in [7, 11) is 0. The van der Waals surface area contributed by atoms with E-state index in [-0.39, 0.29) is 47.6 Å². The van der Waals surface area contributed by atoms with Crippen molar-refractivity contribution in [1.82, 2.24) is 0 Å². The normalized spacial score (nSPS) is 4.00. The molecule has 0 spiro atoms. The quantitative estimate of drug-likeness (QED) is 0.256.